The molecule has 0 aliphatic carbocycles. The highest BCUT2D eigenvalue weighted by Gasteiger charge is 2.17. The quantitative estimate of drug-likeness (QED) is 0.472. The second-order valence-corrected chi connectivity index (χ2v) is 4.75. The van der Waals surface area contributed by atoms with E-state index in [0.29, 0.717) is 22.1 Å². The fourth-order valence-corrected chi connectivity index (χ4v) is 2.35. The van der Waals surface area contributed by atoms with Gasteiger partial charge in [-0.05, 0) is 42.3 Å². The van der Waals surface area contributed by atoms with Crippen LogP contribution in [0.4, 0.5) is 0 Å². The Morgan fingerprint density at radius 1 is 0.952 bits per heavy atom. The summed E-state index contributed by atoms with van der Waals surface area (Å²) < 4.78 is 5.14. The molecule has 0 saturated carbocycles. The van der Waals surface area contributed by atoms with Crippen LogP contribution in [0.5, 0.6) is 17.2 Å². The highest BCUT2D eigenvalue weighted by Crippen LogP contribution is 2.36. The van der Waals surface area contributed by atoms with Crippen molar-refractivity contribution in [3.05, 3.63) is 52.4 Å². The number of benzene rings is 2. The number of aromatic hydroxyl groups is 3. The molecule has 0 radical (unpaired) electrons. The number of hydrogen-bond acceptors (Lipinski definition) is 5. The number of fused-ring (bicyclic) bond motifs is 1. The van der Waals surface area contributed by atoms with Crippen molar-refractivity contribution in [3.8, 4) is 28.4 Å². The van der Waals surface area contributed by atoms with Crippen LogP contribution >= 0.6 is 0 Å². The third-order valence-corrected chi connectivity index (χ3v) is 3.44. The number of phenolic OH excluding ortho intramolecular Hbond substituents is 3. The van der Waals surface area contributed by atoms with Crippen molar-refractivity contribution in [2.24, 2.45) is 0 Å². The summed E-state index contributed by atoms with van der Waals surface area (Å²) in [7, 11) is 0. The molecule has 0 atom stereocenters. The first-order chi connectivity index (χ1) is 9.99. The van der Waals surface area contributed by atoms with Gasteiger partial charge in [-0.25, -0.2) is 4.79 Å². The number of hydrogen-bond donors (Lipinski definition) is 3. The fourth-order valence-electron chi connectivity index (χ4n) is 2.35. The van der Waals surface area contributed by atoms with Gasteiger partial charge < -0.3 is 19.7 Å². The average molecular weight is 284 g/mol. The summed E-state index contributed by atoms with van der Waals surface area (Å²) in [6, 6.07) is 9.10. The molecular weight excluding hydrogens is 272 g/mol. The van der Waals surface area contributed by atoms with E-state index in [9.17, 15) is 20.1 Å². The average Bonchev–Trinajstić information content (AvgIpc) is 2.45. The number of rotatable bonds is 1. The van der Waals surface area contributed by atoms with Gasteiger partial charge in [0.15, 0.2) is 11.3 Å². The SMILES string of the molecule is Cc1c(-c2ccc(O)cc2)c(=O)oc2c(O)c(O)ccc12. The van der Waals surface area contributed by atoms with E-state index in [0.717, 1.165) is 0 Å². The monoisotopic (exact) mass is 284 g/mol. The van der Waals surface area contributed by atoms with Gasteiger partial charge in [0.2, 0.25) is 5.75 Å². The van der Waals surface area contributed by atoms with Gasteiger partial charge in [0.25, 0.3) is 0 Å². The van der Waals surface area contributed by atoms with E-state index >= 15 is 0 Å². The van der Waals surface area contributed by atoms with Gasteiger partial charge in [-0.3, -0.25) is 0 Å². The highest BCUT2D eigenvalue weighted by molar-refractivity contribution is 5.91. The molecule has 0 amide bonds. The standard InChI is InChI=1S/C16H12O5/c1-8-11-6-7-12(18)14(19)15(11)21-16(20)13(8)9-2-4-10(17)5-3-9/h2-7,17-19H,1H3. The Bertz CT molecular complexity index is 891. The van der Waals surface area contributed by atoms with Gasteiger partial charge >= 0.3 is 5.63 Å². The van der Waals surface area contributed by atoms with Crippen LogP contribution < -0.4 is 5.63 Å². The zero-order valence-corrected chi connectivity index (χ0v) is 11.1. The van der Waals surface area contributed by atoms with Crippen molar-refractivity contribution < 1.29 is 19.7 Å². The molecule has 21 heavy (non-hydrogen) atoms. The largest absolute Gasteiger partial charge is 0.508 e. The van der Waals surface area contributed by atoms with Crippen LogP contribution in [-0.2, 0) is 0 Å². The number of aryl methyl sites for hydroxylation is 1. The van der Waals surface area contributed by atoms with E-state index < -0.39 is 11.4 Å². The minimum atomic E-state index is -0.619. The molecule has 106 valence electrons. The fraction of sp³-hybridized carbons (Fsp3) is 0.0625. The minimum absolute atomic E-state index is 0.0416. The molecule has 0 fully saturated rings. The predicted octanol–water partition coefficient (Wildman–Crippen LogP) is 2.89. The van der Waals surface area contributed by atoms with Crippen molar-refractivity contribution in [2.75, 3.05) is 0 Å². The second kappa shape index (κ2) is 4.56. The summed E-state index contributed by atoms with van der Waals surface area (Å²) in [6.07, 6.45) is 0. The lowest BCUT2D eigenvalue weighted by Crippen LogP contribution is -2.06. The van der Waals surface area contributed by atoms with Crippen LogP contribution in [0.15, 0.2) is 45.6 Å². The van der Waals surface area contributed by atoms with Crippen LogP contribution in [0.2, 0.25) is 0 Å². The lowest BCUT2D eigenvalue weighted by molar-refractivity contribution is 0.397. The van der Waals surface area contributed by atoms with Gasteiger partial charge in [-0.2, -0.15) is 0 Å². The zero-order valence-electron chi connectivity index (χ0n) is 11.1. The molecule has 2 aromatic carbocycles. The Hall–Kier alpha value is -2.95. The summed E-state index contributed by atoms with van der Waals surface area (Å²) in [4.78, 5) is 12.2. The first-order valence-corrected chi connectivity index (χ1v) is 6.27. The lowest BCUT2D eigenvalue weighted by Gasteiger charge is -2.09. The maximum Gasteiger partial charge on any atom is 0.344 e. The van der Waals surface area contributed by atoms with E-state index in [1.807, 2.05) is 0 Å². The van der Waals surface area contributed by atoms with E-state index in [1.165, 1.54) is 18.2 Å². The molecule has 0 bridgehead atoms. The van der Waals surface area contributed by atoms with Crippen LogP contribution in [0, 0.1) is 6.92 Å². The molecule has 1 aromatic heterocycles. The first kappa shape index (κ1) is 13.1. The second-order valence-electron chi connectivity index (χ2n) is 4.75. The van der Waals surface area contributed by atoms with Crippen LogP contribution in [0.3, 0.4) is 0 Å². The molecule has 3 N–H and O–H groups in total. The van der Waals surface area contributed by atoms with Crippen molar-refractivity contribution in [3.63, 3.8) is 0 Å². The third-order valence-electron chi connectivity index (χ3n) is 3.44. The van der Waals surface area contributed by atoms with E-state index in [2.05, 4.69) is 0 Å². The summed E-state index contributed by atoms with van der Waals surface area (Å²) in [5, 5.41) is 29.1. The van der Waals surface area contributed by atoms with E-state index in [1.54, 1.807) is 25.1 Å². The highest BCUT2D eigenvalue weighted by atomic mass is 16.4. The van der Waals surface area contributed by atoms with Gasteiger partial charge in [0, 0.05) is 5.39 Å². The van der Waals surface area contributed by atoms with E-state index in [4.69, 9.17) is 4.42 Å². The zero-order chi connectivity index (χ0) is 15.1. The summed E-state index contributed by atoms with van der Waals surface area (Å²) in [6.45, 7) is 1.73. The maximum absolute atomic E-state index is 12.2. The summed E-state index contributed by atoms with van der Waals surface area (Å²) >= 11 is 0. The predicted molar refractivity (Wildman–Crippen MR) is 77.7 cm³/mol. The van der Waals surface area contributed by atoms with Crippen molar-refractivity contribution in [1.82, 2.24) is 0 Å². The first-order valence-electron chi connectivity index (χ1n) is 6.27. The molecule has 1 heterocycles. The Balaban J connectivity index is 2.38. The van der Waals surface area contributed by atoms with Gasteiger partial charge in [0.05, 0.1) is 5.56 Å². The summed E-state index contributed by atoms with van der Waals surface area (Å²) in [5.41, 5.74) is 0.926. The molecule has 5 nitrogen and oxygen atoms in total. The third kappa shape index (κ3) is 1.99. The van der Waals surface area contributed by atoms with Gasteiger partial charge in [-0.15, -0.1) is 0 Å². The van der Waals surface area contributed by atoms with Crippen LogP contribution in [-0.4, -0.2) is 15.3 Å². The topological polar surface area (TPSA) is 90.9 Å². The molecule has 0 unspecified atom stereocenters. The molecule has 0 aliphatic heterocycles. The molecule has 0 spiro atoms. The lowest BCUT2D eigenvalue weighted by atomic mass is 9.99. The number of phenols is 3. The van der Waals surface area contributed by atoms with Gasteiger partial charge in [0.1, 0.15) is 5.75 Å². The molecule has 3 rings (SSSR count). The molecule has 3 aromatic rings. The smallest absolute Gasteiger partial charge is 0.344 e. The molecule has 5 heteroatoms. The van der Waals surface area contributed by atoms with E-state index in [-0.39, 0.29) is 17.1 Å². The van der Waals surface area contributed by atoms with Crippen molar-refractivity contribution in [2.45, 2.75) is 6.92 Å². The Morgan fingerprint density at radius 3 is 2.29 bits per heavy atom. The Kier molecular flexibility index (Phi) is 2.83. The minimum Gasteiger partial charge on any atom is -0.508 e. The van der Waals surface area contributed by atoms with Crippen LogP contribution in [0.1, 0.15) is 5.56 Å². The van der Waals surface area contributed by atoms with Crippen LogP contribution in [0.25, 0.3) is 22.1 Å². The van der Waals surface area contributed by atoms with Gasteiger partial charge in [-0.1, -0.05) is 12.1 Å². The summed E-state index contributed by atoms with van der Waals surface area (Å²) in [5.74, 6) is -0.698. The normalized spacial score (nSPS) is 10.9. The molecule has 0 saturated heterocycles. The maximum atomic E-state index is 12.2. The molecular formula is C16H12O5. The Morgan fingerprint density at radius 2 is 1.62 bits per heavy atom. The van der Waals surface area contributed by atoms with Crippen molar-refractivity contribution in [1.29, 1.82) is 0 Å². The Labute approximate surface area is 119 Å². The van der Waals surface area contributed by atoms with Crippen molar-refractivity contribution >= 4 is 11.0 Å². The molecule has 0 aliphatic rings.